The number of carbonyl (C=O) groups excluding carboxylic acids is 1. The second kappa shape index (κ2) is 6.26. The third kappa shape index (κ3) is 3.24. The van der Waals surface area contributed by atoms with Crippen LogP contribution in [0.3, 0.4) is 0 Å². The first-order chi connectivity index (χ1) is 9.93. The number of hydrogen-bond acceptors (Lipinski definition) is 4. The summed E-state index contributed by atoms with van der Waals surface area (Å²) in [6.45, 7) is 7.26. The Bertz CT molecular complexity index is 538. The molecule has 1 atom stereocenters. The van der Waals surface area contributed by atoms with Crippen LogP contribution >= 0.6 is 0 Å². The average Bonchev–Trinajstić information content (AvgIpc) is 2.91. The number of carbonyl (C=O) groups is 2. The van der Waals surface area contributed by atoms with Crippen LogP contribution in [0.1, 0.15) is 42.9 Å². The van der Waals surface area contributed by atoms with Gasteiger partial charge >= 0.3 is 5.97 Å². The lowest BCUT2D eigenvalue weighted by atomic mass is 10.1. The fourth-order valence-electron chi connectivity index (χ4n) is 2.28. The first-order valence-corrected chi connectivity index (χ1v) is 7.15. The summed E-state index contributed by atoms with van der Waals surface area (Å²) in [5, 5.41) is 13.4. The van der Waals surface area contributed by atoms with E-state index < -0.39 is 12.1 Å². The highest BCUT2D eigenvalue weighted by Crippen LogP contribution is 2.17. The molecule has 2 heterocycles. The first kappa shape index (κ1) is 15.5. The Balaban J connectivity index is 2.21. The minimum atomic E-state index is -1.04. The molecule has 0 radical (unpaired) electrons. The Morgan fingerprint density at radius 1 is 1.52 bits per heavy atom. The predicted molar refractivity (Wildman–Crippen MR) is 75.3 cm³/mol. The molecule has 1 N–H and O–H groups in total. The van der Waals surface area contributed by atoms with Gasteiger partial charge in [0.05, 0.1) is 18.8 Å². The van der Waals surface area contributed by atoms with Crippen molar-refractivity contribution in [2.75, 3.05) is 19.7 Å². The lowest BCUT2D eigenvalue weighted by molar-refractivity contribution is -0.154. The largest absolute Gasteiger partial charge is 0.479 e. The number of carboxylic acids is 1. The highest BCUT2D eigenvalue weighted by molar-refractivity contribution is 5.93. The van der Waals surface area contributed by atoms with Crippen molar-refractivity contribution < 1.29 is 19.4 Å². The summed E-state index contributed by atoms with van der Waals surface area (Å²) in [6, 6.07) is 1.79. The van der Waals surface area contributed by atoms with Crippen molar-refractivity contribution in [3.8, 4) is 0 Å². The van der Waals surface area contributed by atoms with E-state index in [-0.39, 0.29) is 25.0 Å². The number of aromatic nitrogens is 2. The van der Waals surface area contributed by atoms with Crippen LogP contribution in [0.15, 0.2) is 6.07 Å². The van der Waals surface area contributed by atoms with Crippen LogP contribution < -0.4 is 0 Å². The van der Waals surface area contributed by atoms with Crippen molar-refractivity contribution in [1.29, 1.82) is 0 Å². The van der Waals surface area contributed by atoms with Crippen LogP contribution in [0.4, 0.5) is 0 Å². The smallest absolute Gasteiger partial charge is 0.334 e. The summed E-state index contributed by atoms with van der Waals surface area (Å²) < 4.78 is 6.81. The van der Waals surface area contributed by atoms with Crippen molar-refractivity contribution in [3.63, 3.8) is 0 Å². The van der Waals surface area contributed by atoms with E-state index in [9.17, 15) is 9.59 Å². The monoisotopic (exact) mass is 295 g/mol. The van der Waals surface area contributed by atoms with E-state index >= 15 is 0 Å². The van der Waals surface area contributed by atoms with Crippen LogP contribution in [0.2, 0.25) is 0 Å². The number of hydrogen-bond donors (Lipinski definition) is 1. The van der Waals surface area contributed by atoms with Crippen molar-refractivity contribution in [1.82, 2.24) is 14.7 Å². The highest BCUT2D eigenvalue weighted by Gasteiger charge is 2.31. The molecule has 7 heteroatoms. The maximum atomic E-state index is 12.6. The molecule has 1 unspecified atom stereocenters. The molecular formula is C14H21N3O4. The van der Waals surface area contributed by atoms with Gasteiger partial charge in [-0.1, -0.05) is 13.8 Å². The van der Waals surface area contributed by atoms with Crippen LogP contribution in [0, 0.1) is 0 Å². The van der Waals surface area contributed by atoms with E-state index in [0.29, 0.717) is 18.8 Å². The van der Waals surface area contributed by atoms with Gasteiger partial charge in [0.2, 0.25) is 0 Å². The van der Waals surface area contributed by atoms with E-state index in [2.05, 4.69) is 5.10 Å². The molecule has 1 aliphatic heterocycles. The molecule has 1 fully saturated rings. The van der Waals surface area contributed by atoms with Crippen molar-refractivity contribution in [2.45, 2.75) is 39.3 Å². The van der Waals surface area contributed by atoms with Crippen LogP contribution in [0.25, 0.3) is 0 Å². The maximum absolute atomic E-state index is 12.6. The number of ether oxygens (including phenoxy) is 1. The van der Waals surface area contributed by atoms with Crippen molar-refractivity contribution in [2.24, 2.45) is 0 Å². The van der Waals surface area contributed by atoms with Gasteiger partial charge in [0, 0.05) is 13.1 Å². The molecule has 0 aromatic carbocycles. The molecule has 0 saturated carbocycles. The number of aryl methyl sites for hydroxylation is 1. The van der Waals surface area contributed by atoms with Gasteiger partial charge in [-0.25, -0.2) is 4.79 Å². The van der Waals surface area contributed by atoms with E-state index in [1.807, 2.05) is 20.8 Å². The van der Waals surface area contributed by atoms with Gasteiger partial charge in [-0.3, -0.25) is 9.48 Å². The van der Waals surface area contributed by atoms with E-state index in [1.165, 1.54) is 4.90 Å². The quantitative estimate of drug-likeness (QED) is 0.894. The molecule has 1 aliphatic rings. The Hall–Kier alpha value is -1.89. The number of amides is 1. The van der Waals surface area contributed by atoms with Gasteiger partial charge in [0.15, 0.2) is 6.10 Å². The van der Waals surface area contributed by atoms with Crippen LogP contribution in [-0.4, -0.2) is 57.5 Å². The zero-order valence-corrected chi connectivity index (χ0v) is 12.6. The summed E-state index contributed by atoms with van der Waals surface area (Å²) in [4.78, 5) is 25.1. The molecule has 1 aromatic rings. The molecular weight excluding hydrogens is 274 g/mol. The fourth-order valence-corrected chi connectivity index (χ4v) is 2.28. The second-order valence-electron chi connectivity index (χ2n) is 5.37. The molecule has 0 aliphatic carbocycles. The molecule has 7 nitrogen and oxygen atoms in total. The number of carboxylic acid groups (broad SMARTS) is 1. The topological polar surface area (TPSA) is 84.7 Å². The van der Waals surface area contributed by atoms with Gasteiger partial charge in [-0.2, -0.15) is 5.10 Å². The van der Waals surface area contributed by atoms with Gasteiger partial charge in [-0.15, -0.1) is 0 Å². The Kier molecular flexibility index (Phi) is 4.62. The molecule has 2 rings (SSSR count). The zero-order valence-electron chi connectivity index (χ0n) is 12.6. The number of morpholine rings is 1. The minimum Gasteiger partial charge on any atom is -0.479 e. The summed E-state index contributed by atoms with van der Waals surface area (Å²) in [6.07, 6.45) is -0.953. The van der Waals surface area contributed by atoms with Crippen molar-refractivity contribution in [3.05, 3.63) is 17.5 Å². The zero-order chi connectivity index (χ0) is 15.6. The Labute approximate surface area is 123 Å². The molecule has 116 valence electrons. The van der Waals surface area contributed by atoms with Crippen LogP contribution in [0.5, 0.6) is 0 Å². The normalized spacial score (nSPS) is 19.0. The summed E-state index contributed by atoms with van der Waals surface area (Å²) in [5.41, 5.74) is 1.37. The first-order valence-electron chi connectivity index (χ1n) is 7.15. The summed E-state index contributed by atoms with van der Waals surface area (Å²) >= 11 is 0. The van der Waals surface area contributed by atoms with Crippen LogP contribution in [-0.2, 0) is 16.1 Å². The second-order valence-corrected chi connectivity index (χ2v) is 5.37. The van der Waals surface area contributed by atoms with E-state index in [0.717, 1.165) is 5.69 Å². The van der Waals surface area contributed by atoms with Gasteiger partial charge < -0.3 is 14.7 Å². The Morgan fingerprint density at radius 3 is 2.81 bits per heavy atom. The van der Waals surface area contributed by atoms with E-state index in [4.69, 9.17) is 9.84 Å². The molecule has 0 bridgehead atoms. The SMILES string of the molecule is CCn1nc(C(C)C)cc1C(=O)N1CCOC(C(=O)O)C1. The molecule has 1 saturated heterocycles. The minimum absolute atomic E-state index is 0.0695. The predicted octanol–water partition coefficient (Wildman–Crippen LogP) is 0.952. The maximum Gasteiger partial charge on any atom is 0.334 e. The third-order valence-electron chi connectivity index (χ3n) is 3.54. The lowest BCUT2D eigenvalue weighted by Gasteiger charge is -2.30. The molecule has 1 aromatic heterocycles. The molecule has 1 amide bonds. The summed E-state index contributed by atoms with van der Waals surface area (Å²) in [5.74, 6) is -0.994. The number of aliphatic carboxylic acids is 1. The highest BCUT2D eigenvalue weighted by atomic mass is 16.5. The number of nitrogens with zero attached hydrogens (tertiary/aromatic N) is 3. The fraction of sp³-hybridized carbons (Fsp3) is 0.643. The Morgan fingerprint density at radius 2 is 2.24 bits per heavy atom. The van der Waals surface area contributed by atoms with Gasteiger partial charge in [0.25, 0.3) is 5.91 Å². The third-order valence-corrected chi connectivity index (χ3v) is 3.54. The average molecular weight is 295 g/mol. The van der Waals surface area contributed by atoms with Gasteiger partial charge in [0.1, 0.15) is 5.69 Å². The lowest BCUT2D eigenvalue weighted by Crippen LogP contribution is -2.48. The molecule has 0 spiro atoms. The van der Waals surface area contributed by atoms with E-state index in [1.54, 1.807) is 10.7 Å². The standard InChI is InChI=1S/C14H21N3O4/c1-4-17-11(7-10(15-17)9(2)3)13(18)16-5-6-21-12(8-16)14(19)20/h7,9,12H,4-6,8H2,1-3H3,(H,19,20). The number of rotatable bonds is 4. The summed E-state index contributed by atoms with van der Waals surface area (Å²) in [7, 11) is 0. The van der Waals surface area contributed by atoms with Crippen molar-refractivity contribution >= 4 is 11.9 Å². The molecule has 21 heavy (non-hydrogen) atoms. The van der Waals surface area contributed by atoms with Gasteiger partial charge in [-0.05, 0) is 18.9 Å².